The maximum absolute atomic E-state index is 13.5. The Balaban J connectivity index is 1.92. The highest BCUT2D eigenvalue weighted by Crippen LogP contribution is 2.57. The number of rotatable bonds is 2. The van der Waals surface area contributed by atoms with E-state index in [1.807, 2.05) is 39.8 Å². The minimum absolute atomic E-state index is 0.0358. The maximum Gasteiger partial charge on any atom is 0.234 e. The summed E-state index contributed by atoms with van der Waals surface area (Å²) in [4.78, 5) is 40.2. The van der Waals surface area contributed by atoms with Crippen molar-refractivity contribution in [1.82, 2.24) is 0 Å². The predicted molar refractivity (Wildman–Crippen MR) is 108 cm³/mol. The largest absolute Gasteiger partial charge is 0.497 e. The number of ether oxygens (including phenoxy) is 2. The van der Waals surface area contributed by atoms with Gasteiger partial charge in [-0.05, 0) is 28.5 Å². The van der Waals surface area contributed by atoms with Crippen molar-refractivity contribution in [3.8, 4) is 5.75 Å². The molecule has 3 aliphatic rings. The standard InChI is InChI=1S/C24H28O5/c1-22(2)10-16(25)20-17(11-22)29-24(18(26)12-23(3,4)13-19(24)27)21(20)14-7-6-8-15(9-14)28-5/h6-9,21H,10-13H2,1-5H3. The smallest absolute Gasteiger partial charge is 0.234 e. The van der Waals surface area contributed by atoms with Gasteiger partial charge in [0.1, 0.15) is 11.5 Å². The van der Waals surface area contributed by atoms with Crippen LogP contribution in [0.1, 0.15) is 64.9 Å². The summed E-state index contributed by atoms with van der Waals surface area (Å²) in [5, 5.41) is 0. The van der Waals surface area contributed by atoms with E-state index in [0.29, 0.717) is 35.5 Å². The van der Waals surface area contributed by atoms with Crippen molar-refractivity contribution < 1.29 is 23.9 Å². The van der Waals surface area contributed by atoms with Crippen LogP contribution in [0, 0.1) is 10.8 Å². The van der Waals surface area contributed by atoms with Gasteiger partial charge in [-0.25, -0.2) is 0 Å². The van der Waals surface area contributed by atoms with Gasteiger partial charge in [-0.15, -0.1) is 0 Å². The molecule has 1 aliphatic heterocycles. The highest BCUT2D eigenvalue weighted by atomic mass is 16.5. The van der Waals surface area contributed by atoms with Gasteiger partial charge in [0, 0.05) is 31.3 Å². The molecule has 2 aliphatic carbocycles. The van der Waals surface area contributed by atoms with Gasteiger partial charge in [0.25, 0.3) is 0 Å². The zero-order valence-electron chi connectivity index (χ0n) is 17.8. The van der Waals surface area contributed by atoms with Gasteiger partial charge >= 0.3 is 0 Å². The second kappa shape index (κ2) is 6.28. The third-order valence-electron chi connectivity index (χ3n) is 6.39. The summed E-state index contributed by atoms with van der Waals surface area (Å²) in [6.07, 6.45) is 1.41. The Hall–Kier alpha value is -2.43. The van der Waals surface area contributed by atoms with E-state index in [4.69, 9.17) is 9.47 Å². The fourth-order valence-corrected chi connectivity index (χ4v) is 5.16. The Morgan fingerprint density at radius 2 is 1.55 bits per heavy atom. The van der Waals surface area contributed by atoms with E-state index in [-0.39, 0.29) is 35.6 Å². The Labute approximate surface area is 171 Å². The Kier molecular flexibility index (Phi) is 4.30. The summed E-state index contributed by atoms with van der Waals surface area (Å²) in [5.41, 5.74) is -1.10. The Morgan fingerprint density at radius 3 is 2.17 bits per heavy atom. The molecule has 0 N–H and O–H groups in total. The lowest BCUT2D eigenvalue weighted by molar-refractivity contribution is -0.160. The molecule has 1 spiro atoms. The molecule has 1 unspecified atom stereocenters. The molecule has 1 saturated carbocycles. The summed E-state index contributed by atoms with van der Waals surface area (Å²) < 4.78 is 11.6. The number of carbonyl (C=O) groups excluding carboxylic acids is 3. The minimum atomic E-state index is -1.64. The van der Waals surface area contributed by atoms with E-state index in [1.54, 1.807) is 19.2 Å². The van der Waals surface area contributed by atoms with Gasteiger partial charge in [0.2, 0.25) is 5.60 Å². The number of allylic oxidation sites excluding steroid dienone is 1. The van der Waals surface area contributed by atoms with Crippen molar-refractivity contribution in [1.29, 1.82) is 0 Å². The molecule has 5 nitrogen and oxygen atoms in total. The van der Waals surface area contributed by atoms with Crippen LogP contribution in [0.4, 0.5) is 0 Å². The van der Waals surface area contributed by atoms with Crippen LogP contribution in [0.3, 0.4) is 0 Å². The maximum atomic E-state index is 13.5. The van der Waals surface area contributed by atoms with E-state index < -0.39 is 16.9 Å². The van der Waals surface area contributed by atoms with E-state index in [9.17, 15) is 14.4 Å². The van der Waals surface area contributed by atoms with Crippen LogP contribution in [0.15, 0.2) is 35.6 Å². The van der Waals surface area contributed by atoms with Crippen molar-refractivity contribution in [3.05, 3.63) is 41.2 Å². The van der Waals surface area contributed by atoms with Crippen LogP contribution in [-0.4, -0.2) is 30.1 Å². The average Bonchev–Trinajstić information content (AvgIpc) is 2.94. The van der Waals surface area contributed by atoms with Gasteiger partial charge in [0.15, 0.2) is 17.3 Å². The molecule has 0 bridgehead atoms. The molecular formula is C24H28O5. The lowest BCUT2D eigenvalue weighted by Gasteiger charge is -2.41. The van der Waals surface area contributed by atoms with E-state index in [2.05, 4.69) is 0 Å². The molecule has 154 valence electrons. The Morgan fingerprint density at radius 1 is 0.931 bits per heavy atom. The summed E-state index contributed by atoms with van der Waals surface area (Å²) in [7, 11) is 1.57. The molecule has 1 fully saturated rings. The molecular weight excluding hydrogens is 368 g/mol. The van der Waals surface area contributed by atoms with E-state index in [1.165, 1.54) is 0 Å². The van der Waals surface area contributed by atoms with Crippen molar-refractivity contribution in [2.24, 2.45) is 10.8 Å². The fourth-order valence-electron chi connectivity index (χ4n) is 5.16. The van der Waals surface area contributed by atoms with Crippen molar-refractivity contribution >= 4 is 17.3 Å². The number of ketones is 3. The first-order valence-electron chi connectivity index (χ1n) is 10.1. The molecule has 4 rings (SSSR count). The van der Waals surface area contributed by atoms with Crippen LogP contribution >= 0.6 is 0 Å². The van der Waals surface area contributed by atoms with Gasteiger partial charge in [-0.1, -0.05) is 39.8 Å². The van der Waals surface area contributed by atoms with Crippen molar-refractivity contribution in [2.45, 2.75) is 64.9 Å². The van der Waals surface area contributed by atoms with Gasteiger partial charge in [-0.2, -0.15) is 0 Å². The lowest BCUT2D eigenvalue weighted by atomic mass is 9.61. The second-order valence-electron chi connectivity index (χ2n) is 10.2. The molecule has 0 aromatic heterocycles. The fraction of sp³-hybridized carbons (Fsp3) is 0.542. The molecule has 5 heteroatoms. The van der Waals surface area contributed by atoms with Crippen LogP contribution in [0.5, 0.6) is 5.75 Å². The summed E-state index contributed by atoms with van der Waals surface area (Å²) in [5.74, 6) is -0.0800. The van der Waals surface area contributed by atoms with Crippen molar-refractivity contribution in [2.75, 3.05) is 7.11 Å². The molecule has 0 saturated heterocycles. The quantitative estimate of drug-likeness (QED) is 0.703. The summed E-state index contributed by atoms with van der Waals surface area (Å²) >= 11 is 0. The first kappa shape index (κ1) is 19.9. The number of Topliss-reactive ketones (excluding diaryl/α,β-unsaturated/α-hetero) is 3. The van der Waals surface area contributed by atoms with Gasteiger partial charge < -0.3 is 9.47 Å². The third-order valence-corrected chi connectivity index (χ3v) is 6.39. The van der Waals surface area contributed by atoms with Crippen LogP contribution in [0.25, 0.3) is 0 Å². The normalized spacial score (nSPS) is 27.1. The highest BCUT2D eigenvalue weighted by Gasteiger charge is 2.65. The number of benzene rings is 1. The van der Waals surface area contributed by atoms with Gasteiger partial charge in [0.05, 0.1) is 13.0 Å². The minimum Gasteiger partial charge on any atom is -0.497 e. The zero-order valence-corrected chi connectivity index (χ0v) is 17.8. The topological polar surface area (TPSA) is 69.7 Å². The molecule has 1 aromatic carbocycles. The third kappa shape index (κ3) is 3.02. The van der Waals surface area contributed by atoms with Crippen LogP contribution < -0.4 is 4.74 Å². The monoisotopic (exact) mass is 396 g/mol. The molecule has 29 heavy (non-hydrogen) atoms. The molecule has 0 amide bonds. The molecule has 1 heterocycles. The first-order chi connectivity index (χ1) is 13.5. The molecule has 1 atom stereocenters. The second-order valence-corrected chi connectivity index (χ2v) is 10.2. The number of carbonyl (C=O) groups is 3. The zero-order chi connectivity index (χ0) is 21.2. The SMILES string of the molecule is COc1cccc(C2C3=C(CC(C)(C)CC3=O)OC23C(=O)CC(C)(C)CC3=O)c1. The first-order valence-corrected chi connectivity index (χ1v) is 10.1. The van der Waals surface area contributed by atoms with Gasteiger partial charge in [-0.3, -0.25) is 14.4 Å². The Bertz CT molecular complexity index is 930. The molecule has 0 radical (unpaired) electrons. The predicted octanol–water partition coefficient (Wildman–Crippen LogP) is 4.15. The van der Waals surface area contributed by atoms with Crippen molar-refractivity contribution in [3.63, 3.8) is 0 Å². The van der Waals surface area contributed by atoms with E-state index >= 15 is 0 Å². The highest BCUT2D eigenvalue weighted by molar-refractivity contribution is 6.17. The number of methoxy groups -OCH3 is 1. The number of hydrogen-bond donors (Lipinski definition) is 0. The van der Waals surface area contributed by atoms with Crippen LogP contribution in [-0.2, 0) is 19.1 Å². The number of hydrogen-bond acceptors (Lipinski definition) is 5. The molecule has 1 aromatic rings. The van der Waals surface area contributed by atoms with Crippen LogP contribution in [0.2, 0.25) is 0 Å². The summed E-state index contributed by atoms with van der Waals surface area (Å²) in [6.45, 7) is 7.87. The lowest BCUT2D eigenvalue weighted by Crippen LogP contribution is -2.57. The van der Waals surface area contributed by atoms with E-state index in [0.717, 1.165) is 0 Å². The average molecular weight is 396 g/mol. The summed E-state index contributed by atoms with van der Waals surface area (Å²) in [6, 6.07) is 7.28.